The molecule has 0 saturated carbocycles. The summed E-state index contributed by atoms with van der Waals surface area (Å²) in [5, 5.41) is 14.8. The number of nitrogens with one attached hydrogen (secondary N) is 2. The van der Waals surface area contributed by atoms with Crippen LogP contribution in [-0.2, 0) is 0 Å². The van der Waals surface area contributed by atoms with Crippen molar-refractivity contribution in [3.63, 3.8) is 0 Å². The van der Waals surface area contributed by atoms with Gasteiger partial charge in [-0.25, -0.2) is 8.78 Å². The van der Waals surface area contributed by atoms with E-state index in [2.05, 4.69) is 10.6 Å². The molecule has 1 heterocycles. The normalized spacial score (nSPS) is 22.1. The molecule has 0 spiro atoms. The molecule has 2 atom stereocenters. The van der Waals surface area contributed by atoms with Crippen LogP contribution in [0.3, 0.4) is 0 Å². The molecule has 1 aromatic carbocycles. The van der Waals surface area contributed by atoms with Crippen LogP contribution in [0.25, 0.3) is 0 Å². The predicted octanol–water partition coefficient (Wildman–Crippen LogP) is 1.93. The van der Waals surface area contributed by atoms with Crippen LogP contribution in [0.4, 0.5) is 13.2 Å². The van der Waals surface area contributed by atoms with Gasteiger partial charge < -0.3 is 15.7 Å². The Labute approximate surface area is 120 Å². The van der Waals surface area contributed by atoms with Crippen molar-refractivity contribution in [3.8, 4) is 5.75 Å². The highest BCUT2D eigenvalue weighted by Crippen LogP contribution is 2.25. The molecular weight excluding hydrogens is 285 g/mol. The molecule has 116 valence electrons. The molecule has 4 nitrogen and oxygen atoms in total. The molecule has 1 amide bonds. The second-order valence-corrected chi connectivity index (χ2v) is 5.27. The number of halogens is 3. The average molecular weight is 302 g/mol. The first-order valence-corrected chi connectivity index (χ1v) is 6.79. The van der Waals surface area contributed by atoms with Crippen LogP contribution in [-0.4, -0.2) is 30.1 Å². The summed E-state index contributed by atoms with van der Waals surface area (Å²) in [5.74, 6) is -6.65. The number of carbonyl (C=O) groups is 1. The number of carbonyl (C=O) groups excluding carboxylic acids is 1. The number of aromatic hydroxyl groups is 1. The number of hydrogen-bond acceptors (Lipinski definition) is 3. The smallest absolute Gasteiger partial charge is 0.254 e. The molecule has 2 rings (SSSR count). The Kier molecular flexibility index (Phi) is 4.72. The summed E-state index contributed by atoms with van der Waals surface area (Å²) < 4.78 is 39.7. The topological polar surface area (TPSA) is 61.4 Å². The highest BCUT2D eigenvalue weighted by atomic mass is 19.2. The Bertz CT molecular complexity index is 552. The summed E-state index contributed by atoms with van der Waals surface area (Å²) in [5.41, 5.74) is -0.713. The molecule has 7 heteroatoms. The van der Waals surface area contributed by atoms with E-state index in [0.29, 0.717) is 12.0 Å². The predicted molar refractivity (Wildman–Crippen MR) is 70.5 cm³/mol. The van der Waals surface area contributed by atoms with E-state index in [1.54, 1.807) is 0 Å². The van der Waals surface area contributed by atoms with E-state index in [-0.39, 0.29) is 12.6 Å². The first-order chi connectivity index (χ1) is 9.91. The summed E-state index contributed by atoms with van der Waals surface area (Å²) in [6.07, 6.45) is 2.07. The second-order valence-electron chi connectivity index (χ2n) is 5.27. The highest BCUT2D eigenvalue weighted by molar-refractivity contribution is 5.95. The summed E-state index contributed by atoms with van der Waals surface area (Å²) in [7, 11) is 0. The van der Waals surface area contributed by atoms with Gasteiger partial charge in [0.25, 0.3) is 5.91 Å². The summed E-state index contributed by atoms with van der Waals surface area (Å²) in [6.45, 7) is 3.12. The molecule has 1 saturated heterocycles. The van der Waals surface area contributed by atoms with Gasteiger partial charge in [0.1, 0.15) is 0 Å². The fourth-order valence-electron chi connectivity index (χ4n) is 2.44. The van der Waals surface area contributed by atoms with Gasteiger partial charge in [0.05, 0.1) is 5.56 Å². The Hall–Kier alpha value is -1.76. The van der Waals surface area contributed by atoms with Crippen molar-refractivity contribution in [1.29, 1.82) is 0 Å². The highest BCUT2D eigenvalue weighted by Gasteiger charge is 2.25. The Morgan fingerprint density at radius 2 is 2.14 bits per heavy atom. The summed E-state index contributed by atoms with van der Waals surface area (Å²) in [4.78, 5) is 11.9. The average Bonchev–Trinajstić information content (AvgIpc) is 2.47. The zero-order valence-electron chi connectivity index (χ0n) is 11.5. The van der Waals surface area contributed by atoms with Crippen molar-refractivity contribution in [2.45, 2.75) is 25.8 Å². The van der Waals surface area contributed by atoms with E-state index in [9.17, 15) is 18.0 Å². The van der Waals surface area contributed by atoms with Crippen molar-refractivity contribution >= 4 is 5.91 Å². The third kappa shape index (κ3) is 3.29. The molecule has 1 aliphatic heterocycles. The van der Waals surface area contributed by atoms with Crippen LogP contribution in [0.2, 0.25) is 0 Å². The van der Waals surface area contributed by atoms with Crippen LogP contribution >= 0.6 is 0 Å². The fourth-order valence-corrected chi connectivity index (χ4v) is 2.44. The van der Waals surface area contributed by atoms with Crippen LogP contribution in [0.15, 0.2) is 6.07 Å². The number of piperidine rings is 1. The zero-order chi connectivity index (χ0) is 15.6. The number of hydrogen-bond donors (Lipinski definition) is 3. The lowest BCUT2D eigenvalue weighted by Crippen LogP contribution is -2.47. The third-order valence-electron chi connectivity index (χ3n) is 3.79. The quantitative estimate of drug-likeness (QED) is 0.748. The van der Waals surface area contributed by atoms with Gasteiger partial charge in [0.15, 0.2) is 17.4 Å². The van der Waals surface area contributed by atoms with Crippen molar-refractivity contribution in [3.05, 3.63) is 29.1 Å². The summed E-state index contributed by atoms with van der Waals surface area (Å²) in [6, 6.07) is 0.488. The maximum atomic E-state index is 13.6. The van der Waals surface area contributed by atoms with E-state index in [1.807, 2.05) is 6.92 Å². The molecule has 0 bridgehead atoms. The number of phenols is 1. The lowest BCUT2D eigenvalue weighted by atomic mass is 9.93. The lowest BCUT2D eigenvalue weighted by molar-refractivity contribution is 0.0938. The standard InChI is InChI=1S/C14H17F3N2O2/c1-7-3-2-4-18-10(7)6-19-14(21)8-5-9(15)12(17)13(20)11(8)16/h5,7,10,18,20H,2-4,6H2,1H3,(H,19,21). The van der Waals surface area contributed by atoms with Gasteiger partial charge in [-0.15, -0.1) is 0 Å². The van der Waals surface area contributed by atoms with E-state index in [4.69, 9.17) is 5.11 Å². The second kappa shape index (κ2) is 6.34. The third-order valence-corrected chi connectivity index (χ3v) is 3.79. The molecular formula is C14H17F3N2O2. The fraction of sp³-hybridized carbons (Fsp3) is 0.500. The van der Waals surface area contributed by atoms with Gasteiger partial charge in [0, 0.05) is 12.6 Å². The minimum atomic E-state index is -1.70. The van der Waals surface area contributed by atoms with Crippen molar-refractivity contribution < 1.29 is 23.1 Å². The van der Waals surface area contributed by atoms with Crippen LogP contribution in [0, 0.1) is 23.4 Å². The molecule has 1 aliphatic rings. The minimum absolute atomic E-state index is 0.0460. The van der Waals surface area contributed by atoms with Crippen LogP contribution in [0.1, 0.15) is 30.1 Å². The zero-order valence-corrected chi connectivity index (χ0v) is 11.5. The maximum Gasteiger partial charge on any atom is 0.254 e. The SMILES string of the molecule is CC1CCCNC1CNC(=O)c1cc(F)c(F)c(O)c1F. The molecule has 1 aromatic rings. The van der Waals surface area contributed by atoms with E-state index in [0.717, 1.165) is 19.4 Å². The number of benzene rings is 1. The van der Waals surface area contributed by atoms with Crippen molar-refractivity contribution in [2.24, 2.45) is 5.92 Å². The van der Waals surface area contributed by atoms with Gasteiger partial charge in [-0.3, -0.25) is 4.79 Å². The Morgan fingerprint density at radius 3 is 2.81 bits per heavy atom. The van der Waals surface area contributed by atoms with Gasteiger partial charge in [0.2, 0.25) is 5.82 Å². The molecule has 0 radical (unpaired) electrons. The lowest BCUT2D eigenvalue weighted by Gasteiger charge is -2.30. The van der Waals surface area contributed by atoms with E-state index in [1.165, 1.54) is 0 Å². The molecule has 21 heavy (non-hydrogen) atoms. The van der Waals surface area contributed by atoms with Crippen molar-refractivity contribution in [1.82, 2.24) is 10.6 Å². The van der Waals surface area contributed by atoms with Gasteiger partial charge in [-0.2, -0.15) is 4.39 Å². The maximum absolute atomic E-state index is 13.6. The monoisotopic (exact) mass is 302 g/mol. The van der Waals surface area contributed by atoms with Gasteiger partial charge in [-0.05, 0) is 31.4 Å². The van der Waals surface area contributed by atoms with Crippen LogP contribution in [0.5, 0.6) is 5.75 Å². The Balaban J connectivity index is 2.07. The van der Waals surface area contributed by atoms with Crippen LogP contribution < -0.4 is 10.6 Å². The molecule has 3 N–H and O–H groups in total. The molecule has 1 fully saturated rings. The van der Waals surface area contributed by atoms with E-state index < -0.39 is 34.7 Å². The summed E-state index contributed by atoms with van der Waals surface area (Å²) >= 11 is 0. The first-order valence-electron chi connectivity index (χ1n) is 6.79. The van der Waals surface area contributed by atoms with Gasteiger partial charge in [-0.1, -0.05) is 6.92 Å². The van der Waals surface area contributed by atoms with E-state index >= 15 is 0 Å². The molecule has 0 aromatic heterocycles. The molecule has 2 unspecified atom stereocenters. The Morgan fingerprint density at radius 1 is 1.43 bits per heavy atom. The minimum Gasteiger partial charge on any atom is -0.503 e. The number of amides is 1. The number of phenolic OH excluding ortho intramolecular Hbond substituents is 1. The largest absolute Gasteiger partial charge is 0.503 e. The van der Waals surface area contributed by atoms with Gasteiger partial charge >= 0.3 is 0 Å². The van der Waals surface area contributed by atoms with Crippen molar-refractivity contribution in [2.75, 3.05) is 13.1 Å². The molecule has 0 aliphatic carbocycles. The number of rotatable bonds is 3. The first kappa shape index (κ1) is 15.6.